The number of hydrogen-bond acceptors (Lipinski definition) is 3. The highest BCUT2D eigenvalue weighted by Gasteiger charge is 2.16. The van der Waals surface area contributed by atoms with Crippen LogP contribution in [-0.2, 0) is 4.79 Å². The lowest BCUT2D eigenvalue weighted by atomic mass is 10.0. The summed E-state index contributed by atoms with van der Waals surface area (Å²) in [4.78, 5) is 11.6. The van der Waals surface area contributed by atoms with E-state index in [1.165, 1.54) is 25.7 Å². The SMILES string of the molecule is CC(CNC(=O)CCC1CCCC1)C(N)=NO. The van der Waals surface area contributed by atoms with Crippen LogP contribution in [0, 0.1) is 11.8 Å². The molecule has 5 nitrogen and oxygen atoms in total. The maximum absolute atomic E-state index is 11.6. The van der Waals surface area contributed by atoms with Gasteiger partial charge < -0.3 is 16.3 Å². The summed E-state index contributed by atoms with van der Waals surface area (Å²) in [5.74, 6) is 0.827. The first-order chi connectivity index (χ1) is 8.13. The van der Waals surface area contributed by atoms with E-state index in [-0.39, 0.29) is 17.7 Å². The minimum atomic E-state index is -0.129. The van der Waals surface area contributed by atoms with E-state index in [2.05, 4.69) is 10.5 Å². The van der Waals surface area contributed by atoms with Gasteiger partial charge in [0.1, 0.15) is 5.84 Å². The van der Waals surface area contributed by atoms with E-state index in [4.69, 9.17) is 10.9 Å². The first-order valence-corrected chi connectivity index (χ1v) is 6.37. The molecule has 1 saturated carbocycles. The lowest BCUT2D eigenvalue weighted by Crippen LogP contribution is -2.34. The number of rotatable bonds is 6. The molecule has 0 aromatic rings. The third-order valence-corrected chi connectivity index (χ3v) is 3.48. The minimum Gasteiger partial charge on any atom is -0.409 e. The van der Waals surface area contributed by atoms with E-state index in [9.17, 15) is 4.79 Å². The molecular weight excluding hydrogens is 218 g/mol. The fraction of sp³-hybridized carbons (Fsp3) is 0.833. The highest BCUT2D eigenvalue weighted by Crippen LogP contribution is 2.28. The van der Waals surface area contributed by atoms with Crippen LogP contribution < -0.4 is 11.1 Å². The van der Waals surface area contributed by atoms with E-state index in [0.717, 1.165) is 12.3 Å². The van der Waals surface area contributed by atoms with Gasteiger partial charge in [-0.3, -0.25) is 4.79 Å². The van der Waals surface area contributed by atoms with Crippen LogP contribution in [0.25, 0.3) is 0 Å². The van der Waals surface area contributed by atoms with Crippen LogP contribution in [0.1, 0.15) is 45.4 Å². The van der Waals surface area contributed by atoms with Crippen molar-refractivity contribution in [3.8, 4) is 0 Å². The Morgan fingerprint density at radius 2 is 2.18 bits per heavy atom. The van der Waals surface area contributed by atoms with Crippen molar-refractivity contribution in [2.75, 3.05) is 6.54 Å². The number of nitrogens with one attached hydrogen (secondary N) is 1. The second-order valence-electron chi connectivity index (χ2n) is 4.92. The number of nitrogens with zero attached hydrogens (tertiary/aromatic N) is 1. The monoisotopic (exact) mass is 241 g/mol. The molecule has 98 valence electrons. The topological polar surface area (TPSA) is 87.7 Å². The van der Waals surface area contributed by atoms with Crippen molar-refractivity contribution in [2.24, 2.45) is 22.7 Å². The molecule has 1 amide bonds. The molecule has 1 unspecified atom stereocenters. The summed E-state index contributed by atoms with van der Waals surface area (Å²) in [6, 6.07) is 0. The number of carbonyl (C=O) groups is 1. The highest BCUT2D eigenvalue weighted by atomic mass is 16.4. The average molecular weight is 241 g/mol. The van der Waals surface area contributed by atoms with Crippen LogP contribution in [0.3, 0.4) is 0 Å². The predicted octanol–water partition coefficient (Wildman–Crippen LogP) is 1.46. The quantitative estimate of drug-likeness (QED) is 0.285. The van der Waals surface area contributed by atoms with Gasteiger partial charge >= 0.3 is 0 Å². The fourth-order valence-electron chi connectivity index (χ4n) is 2.19. The molecule has 5 heteroatoms. The Labute approximate surface area is 102 Å². The number of nitrogens with two attached hydrogens (primary N) is 1. The van der Waals surface area contributed by atoms with Gasteiger partial charge in [0.05, 0.1) is 0 Å². The maximum Gasteiger partial charge on any atom is 0.220 e. The summed E-state index contributed by atoms with van der Waals surface area (Å²) in [5, 5.41) is 14.2. The van der Waals surface area contributed by atoms with Gasteiger partial charge in [-0.05, 0) is 12.3 Å². The molecule has 0 spiro atoms. The zero-order valence-corrected chi connectivity index (χ0v) is 10.5. The second kappa shape index (κ2) is 7.14. The zero-order valence-electron chi connectivity index (χ0n) is 10.5. The number of carbonyl (C=O) groups excluding carboxylic acids is 1. The Morgan fingerprint density at radius 3 is 2.76 bits per heavy atom. The van der Waals surface area contributed by atoms with Gasteiger partial charge in [-0.25, -0.2) is 0 Å². The molecule has 0 bridgehead atoms. The molecule has 1 rings (SSSR count). The summed E-state index contributed by atoms with van der Waals surface area (Å²) in [6.45, 7) is 2.24. The lowest BCUT2D eigenvalue weighted by molar-refractivity contribution is -0.121. The third kappa shape index (κ3) is 5.06. The van der Waals surface area contributed by atoms with E-state index in [1.807, 2.05) is 6.92 Å². The van der Waals surface area contributed by atoms with Crippen LogP contribution in [-0.4, -0.2) is 23.5 Å². The highest BCUT2D eigenvalue weighted by molar-refractivity contribution is 5.83. The third-order valence-electron chi connectivity index (χ3n) is 3.48. The molecule has 1 aliphatic rings. The van der Waals surface area contributed by atoms with Crippen molar-refractivity contribution in [1.82, 2.24) is 5.32 Å². The second-order valence-corrected chi connectivity index (χ2v) is 4.92. The van der Waals surface area contributed by atoms with Crippen molar-refractivity contribution in [2.45, 2.75) is 45.4 Å². The molecule has 0 heterocycles. The van der Waals surface area contributed by atoms with Crippen molar-refractivity contribution < 1.29 is 10.0 Å². The Bertz CT molecular complexity index is 273. The summed E-state index contributed by atoms with van der Waals surface area (Å²) < 4.78 is 0. The minimum absolute atomic E-state index is 0.0643. The average Bonchev–Trinajstić information content (AvgIpc) is 2.85. The van der Waals surface area contributed by atoms with Gasteiger partial charge in [0.2, 0.25) is 5.91 Å². The van der Waals surface area contributed by atoms with E-state index < -0.39 is 0 Å². The van der Waals surface area contributed by atoms with Gasteiger partial charge in [0, 0.05) is 18.9 Å². The van der Waals surface area contributed by atoms with Gasteiger partial charge in [-0.15, -0.1) is 0 Å². The molecule has 17 heavy (non-hydrogen) atoms. The molecule has 0 saturated heterocycles. The lowest BCUT2D eigenvalue weighted by Gasteiger charge is -2.12. The first-order valence-electron chi connectivity index (χ1n) is 6.37. The van der Waals surface area contributed by atoms with Crippen LogP contribution >= 0.6 is 0 Å². The van der Waals surface area contributed by atoms with Crippen LogP contribution in [0.5, 0.6) is 0 Å². The van der Waals surface area contributed by atoms with Crippen LogP contribution in [0.2, 0.25) is 0 Å². The van der Waals surface area contributed by atoms with Crippen molar-refractivity contribution in [3.63, 3.8) is 0 Å². The van der Waals surface area contributed by atoms with Crippen molar-refractivity contribution in [1.29, 1.82) is 0 Å². The summed E-state index contributed by atoms with van der Waals surface area (Å²) >= 11 is 0. The molecule has 0 aliphatic heterocycles. The summed E-state index contributed by atoms with van der Waals surface area (Å²) in [7, 11) is 0. The Balaban J connectivity index is 2.12. The van der Waals surface area contributed by atoms with Crippen molar-refractivity contribution in [3.05, 3.63) is 0 Å². The summed E-state index contributed by atoms with van der Waals surface area (Å²) in [5.41, 5.74) is 5.42. The number of amides is 1. The number of hydrogen-bond donors (Lipinski definition) is 3. The number of amidine groups is 1. The molecule has 0 aromatic carbocycles. The molecule has 0 aromatic heterocycles. The molecule has 0 radical (unpaired) electrons. The Morgan fingerprint density at radius 1 is 1.53 bits per heavy atom. The molecule has 1 atom stereocenters. The predicted molar refractivity (Wildman–Crippen MR) is 66.8 cm³/mol. The molecule has 1 aliphatic carbocycles. The molecular formula is C12H23N3O2. The van der Waals surface area contributed by atoms with E-state index in [0.29, 0.717) is 13.0 Å². The number of oxime groups is 1. The fourth-order valence-corrected chi connectivity index (χ4v) is 2.19. The van der Waals surface area contributed by atoms with E-state index >= 15 is 0 Å². The zero-order chi connectivity index (χ0) is 12.7. The van der Waals surface area contributed by atoms with Gasteiger partial charge in [-0.1, -0.05) is 37.8 Å². The van der Waals surface area contributed by atoms with E-state index in [1.54, 1.807) is 0 Å². The smallest absolute Gasteiger partial charge is 0.220 e. The first kappa shape index (κ1) is 13.8. The summed E-state index contributed by atoms with van der Waals surface area (Å²) in [6.07, 6.45) is 6.75. The van der Waals surface area contributed by atoms with Gasteiger partial charge in [0.25, 0.3) is 0 Å². The van der Waals surface area contributed by atoms with Gasteiger partial charge in [0.15, 0.2) is 0 Å². The Hall–Kier alpha value is -1.26. The Kier molecular flexibility index (Phi) is 5.80. The normalized spacial score (nSPS) is 19.2. The molecule has 4 N–H and O–H groups in total. The standard InChI is InChI=1S/C12H23N3O2/c1-9(12(13)15-17)8-14-11(16)7-6-10-4-2-3-5-10/h9-10,17H,2-8H2,1H3,(H2,13,15)(H,14,16). The molecule has 1 fully saturated rings. The van der Waals surface area contributed by atoms with Gasteiger partial charge in [-0.2, -0.15) is 0 Å². The van der Waals surface area contributed by atoms with Crippen LogP contribution in [0.4, 0.5) is 0 Å². The van der Waals surface area contributed by atoms with Crippen LogP contribution in [0.15, 0.2) is 5.16 Å². The largest absolute Gasteiger partial charge is 0.409 e. The van der Waals surface area contributed by atoms with Crippen molar-refractivity contribution >= 4 is 11.7 Å². The maximum atomic E-state index is 11.6.